The number of carbonyl (C=O) groups excluding carboxylic acids is 3. The lowest BCUT2D eigenvalue weighted by molar-refractivity contribution is -0.140. The van der Waals surface area contributed by atoms with E-state index in [0.29, 0.717) is 13.1 Å². The minimum atomic E-state index is -0.758. The second-order valence-corrected chi connectivity index (χ2v) is 9.49. The molecule has 0 aliphatic carbocycles. The summed E-state index contributed by atoms with van der Waals surface area (Å²) in [6, 6.07) is 5.07. The molecular weight excluding hydrogens is 418 g/mol. The quantitative estimate of drug-likeness (QED) is 0.438. The second kappa shape index (κ2) is 13.9. The topological polar surface area (TPSA) is 87.7 Å². The van der Waals surface area contributed by atoms with E-state index in [1.165, 1.54) is 0 Å². The van der Waals surface area contributed by atoms with Crippen LogP contribution in [0.1, 0.15) is 89.5 Å². The van der Waals surface area contributed by atoms with Gasteiger partial charge < -0.3 is 20.3 Å². The van der Waals surface area contributed by atoms with Gasteiger partial charge in [0.2, 0.25) is 11.8 Å². The van der Waals surface area contributed by atoms with Gasteiger partial charge in [-0.1, -0.05) is 51.3 Å². The van der Waals surface area contributed by atoms with E-state index in [2.05, 4.69) is 24.5 Å². The third-order valence-corrected chi connectivity index (χ3v) is 5.44. The van der Waals surface area contributed by atoms with Gasteiger partial charge in [0, 0.05) is 13.1 Å². The molecule has 0 radical (unpaired) electrons. The Hall–Kier alpha value is -2.57. The summed E-state index contributed by atoms with van der Waals surface area (Å²) < 4.78 is 5.26. The van der Waals surface area contributed by atoms with Crippen molar-refractivity contribution in [3.63, 3.8) is 0 Å². The van der Waals surface area contributed by atoms with Crippen molar-refractivity contribution in [1.29, 1.82) is 0 Å². The number of carbonyl (C=O) groups is 3. The molecule has 0 fully saturated rings. The summed E-state index contributed by atoms with van der Waals surface area (Å²) in [5.74, 6) is -0.507. The van der Waals surface area contributed by atoms with Crippen LogP contribution in [0, 0.1) is 13.8 Å². The third-order valence-electron chi connectivity index (χ3n) is 5.44. The molecule has 0 heterocycles. The van der Waals surface area contributed by atoms with E-state index in [1.807, 2.05) is 32.0 Å². The summed E-state index contributed by atoms with van der Waals surface area (Å²) in [6.45, 7) is 14.2. The second-order valence-electron chi connectivity index (χ2n) is 9.49. The fraction of sp³-hybridized carbons (Fsp3) is 0.654. The molecule has 0 aliphatic rings. The fourth-order valence-corrected chi connectivity index (χ4v) is 3.50. The highest BCUT2D eigenvalue weighted by molar-refractivity contribution is 5.90. The molecule has 0 saturated carbocycles. The van der Waals surface area contributed by atoms with Crippen LogP contribution >= 0.6 is 0 Å². The van der Waals surface area contributed by atoms with Gasteiger partial charge >= 0.3 is 6.09 Å². The lowest BCUT2D eigenvalue weighted by Crippen LogP contribution is -2.48. The first-order valence-corrected chi connectivity index (χ1v) is 12.1. The van der Waals surface area contributed by atoms with Crippen molar-refractivity contribution in [2.24, 2.45) is 0 Å². The standard InChI is InChI=1S/C26H43N3O4/c1-8-10-12-17-29(22(30)18-28-25(32)33-26(5,6)7)23(24(31)27-16-11-9-2)21-15-13-14-19(3)20(21)4/h13-15,23H,8-12,16-18H2,1-7H3,(H,27,31)(H,28,32). The van der Waals surface area contributed by atoms with Gasteiger partial charge in [-0.25, -0.2) is 4.79 Å². The first-order valence-electron chi connectivity index (χ1n) is 12.1. The Morgan fingerprint density at radius 3 is 2.27 bits per heavy atom. The maximum atomic E-state index is 13.4. The number of alkyl carbamates (subject to hydrolysis) is 1. The number of ether oxygens (including phenoxy) is 1. The Bertz CT molecular complexity index is 786. The average Bonchev–Trinajstić information content (AvgIpc) is 2.73. The van der Waals surface area contributed by atoms with Crippen LogP contribution in [0.5, 0.6) is 0 Å². The lowest BCUT2D eigenvalue weighted by atomic mass is 9.95. The Kier molecular flexibility index (Phi) is 12.0. The van der Waals surface area contributed by atoms with Crippen LogP contribution in [0.4, 0.5) is 4.79 Å². The van der Waals surface area contributed by atoms with Crippen molar-refractivity contribution in [2.45, 2.75) is 92.2 Å². The molecule has 33 heavy (non-hydrogen) atoms. The molecule has 0 aliphatic heterocycles. The molecule has 7 heteroatoms. The Labute approximate surface area is 199 Å². The Morgan fingerprint density at radius 1 is 1.00 bits per heavy atom. The highest BCUT2D eigenvalue weighted by atomic mass is 16.6. The monoisotopic (exact) mass is 461 g/mol. The number of aryl methyl sites for hydroxylation is 1. The summed E-state index contributed by atoms with van der Waals surface area (Å²) in [6.07, 6.45) is 3.90. The molecule has 1 atom stereocenters. The van der Waals surface area contributed by atoms with Crippen LogP contribution in [0.2, 0.25) is 0 Å². The van der Waals surface area contributed by atoms with Crippen molar-refractivity contribution >= 4 is 17.9 Å². The van der Waals surface area contributed by atoms with E-state index in [-0.39, 0.29) is 18.4 Å². The summed E-state index contributed by atoms with van der Waals surface area (Å²) in [4.78, 5) is 40.4. The number of nitrogens with zero attached hydrogens (tertiary/aromatic N) is 1. The average molecular weight is 462 g/mol. The van der Waals surface area contributed by atoms with Gasteiger partial charge in [0.1, 0.15) is 18.2 Å². The number of rotatable bonds is 12. The molecule has 0 spiro atoms. The zero-order valence-corrected chi connectivity index (χ0v) is 21.5. The number of nitrogens with one attached hydrogen (secondary N) is 2. The minimum Gasteiger partial charge on any atom is -0.444 e. The first kappa shape index (κ1) is 28.5. The van der Waals surface area contributed by atoms with E-state index in [1.54, 1.807) is 25.7 Å². The van der Waals surface area contributed by atoms with Crippen LogP contribution in [0.25, 0.3) is 0 Å². The van der Waals surface area contributed by atoms with Gasteiger partial charge in [0.25, 0.3) is 0 Å². The largest absolute Gasteiger partial charge is 0.444 e. The Balaban J connectivity index is 3.23. The van der Waals surface area contributed by atoms with Crippen molar-refractivity contribution in [1.82, 2.24) is 15.5 Å². The van der Waals surface area contributed by atoms with E-state index in [0.717, 1.165) is 48.8 Å². The third kappa shape index (κ3) is 9.84. The highest BCUT2D eigenvalue weighted by Gasteiger charge is 2.32. The predicted octanol–water partition coefficient (Wildman–Crippen LogP) is 4.80. The van der Waals surface area contributed by atoms with Crippen LogP contribution in [-0.2, 0) is 14.3 Å². The molecule has 1 aromatic rings. The molecule has 3 amide bonds. The van der Waals surface area contributed by atoms with Crippen molar-refractivity contribution in [3.8, 4) is 0 Å². The van der Waals surface area contributed by atoms with Gasteiger partial charge in [-0.15, -0.1) is 0 Å². The number of benzene rings is 1. The van der Waals surface area contributed by atoms with E-state index >= 15 is 0 Å². The van der Waals surface area contributed by atoms with E-state index in [4.69, 9.17) is 4.74 Å². The minimum absolute atomic E-state index is 0.195. The molecule has 0 aromatic heterocycles. The lowest BCUT2D eigenvalue weighted by Gasteiger charge is -2.33. The summed E-state index contributed by atoms with van der Waals surface area (Å²) in [7, 11) is 0. The summed E-state index contributed by atoms with van der Waals surface area (Å²) in [5, 5.41) is 5.56. The number of unbranched alkanes of at least 4 members (excludes halogenated alkanes) is 3. The van der Waals surface area contributed by atoms with E-state index in [9.17, 15) is 14.4 Å². The summed E-state index contributed by atoms with van der Waals surface area (Å²) >= 11 is 0. The number of amides is 3. The van der Waals surface area contributed by atoms with Crippen molar-refractivity contribution in [2.75, 3.05) is 19.6 Å². The molecular formula is C26H43N3O4. The van der Waals surface area contributed by atoms with Crippen LogP contribution < -0.4 is 10.6 Å². The molecule has 2 N–H and O–H groups in total. The molecule has 1 rings (SSSR count). The van der Waals surface area contributed by atoms with Gasteiger partial charge in [0.05, 0.1) is 0 Å². The van der Waals surface area contributed by atoms with Crippen molar-refractivity contribution < 1.29 is 19.1 Å². The summed E-state index contributed by atoms with van der Waals surface area (Å²) in [5.41, 5.74) is 2.20. The van der Waals surface area contributed by atoms with E-state index < -0.39 is 17.7 Å². The smallest absolute Gasteiger partial charge is 0.408 e. The van der Waals surface area contributed by atoms with Crippen LogP contribution in [0.3, 0.4) is 0 Å². The van der Waals surface area contributed by atoms with Crippen LogP contribution in [-0.4, -0.2) is 48.0 Å². The van der Waals surface area contributed by atoms with Crippen LogP contribution in [0.15, 0.2) is 18.2 Å². The number of hydrogen-bond donors (Lipinski definition) is 2. The van der Waals surface area contributed by atoms with Gasteiger partial charge in [-0.05, 0) is 64.2 Å². The molecule has 1 aromatic carbocycles. The molecule has 0 bridgehead atoms. The molecule has 0 saturated heterocycles. The van der Waals surface area contributed by atoms with Gasteiger partial charge in [-0.2, -0.15) is 0 Å². The number of hydrogen-bond acceptors (Lipinski definition) is 4. The predicted molar refractivity (Wildman–Crippen MR) is 132 cm³/mol. The Morgan fingerprint density at radius 2 is 1.67 bits per heavy atom. The molecule has 1 unspecified atom stereocenters. The highest BCUT2D eigenvalue weighted by Crippen LogP contribution is 2.27. The van der Waals surface area contributed by atoms with Gasteiger partial charge in [-0.3, -0.25) is 9.59 Å². The normalized spacial score (nSPS) is 12.1. The zero-order valence-electron chi connectivity index (χ0n) is 21.5. The zero-order chi connectivity index (χ0) is 25.0. The van der Waals surface area contributed by atoms with Gasteiger partial charge in [0.15, 0.2) is 0 Å². The SMILES string of the molecule is CCCCCN(C(=O)CNC(=O)OC(C)(C)C)C(C(=O)NCCCC)c1cccc(C)c1C. The van der Waals surface area contributed by atoms with Crippen molar-refractivity contribution in [3.05, 3.63) is 34.9 Å². The fourth-order valence-electron chi connectivity index (χ4n) is 3.50. The maximum Gasteiger partial charge on any atom is 0.408 e. The maximum absolute atomic E-state index is 13.4. The molecule has 7 nitrogen and oxygen atoms in total. The first-order chi connectivity index (χ1) is 15.5. The molecule has 186 valence electrons.